The number of amides is 1. The van der Waals surface area contributed by atoms with Gasteiger partial charge in [0.05, 0.1) is 10.6 Å². The van der Waals surface area contributed by atoms with Crippen molar-refractivity contribution in [3.63, 3.8) is 0 Å². The number of hydrogen-bond donors (Lipinski definition) is 2. The molecule has 3 N–H and O–H groups in total. The van der Waals surface area contributed by atoms with E-state index in [1.807, 2.05) is 6.92 Å². The van der Waals surface area contributed by atoms with Crippen LogP contribution in [0.2, 0.25) is 0 Å². The zero-order chi connectivity index (χ0) is 11.5. The van der Waals surface area contributed by atoms with E-state index < -0.39 is 0 Å². The van der Waals surface area contributed by atoms with Gasteiger partial charge in [0.1, 0.15) is 0 Å². The summed E-state index contributed by atoms with van der Waals surface area (Å²) in [4.78, 5) is 11.9. The van der Waals surface area contributed by atoms with Crippen LogP contribution in [-0.4, -0.2) is 12.5 Å². The maximum atomic E-state index is 11.9. The first-order valence-corrected chi connectivity index (χ1v) is 6.77. The minimum Gasteiger partial charge on any atom is -0.390 e. The number of nitrogens with two attached hydrogens (primary N) is 1. The van der Waals surface area contributed by atoms with E-state index in [-0.39, 0.29) is 5.91 Å². The fourth-order valence-electron chi connectivity index (χ4n) is 2.42. The van der Waals surface area contributed by atoms with Gasteiger partial charge in [-0.3, -0.25) is 4.79 Å². The van der Waals surface area contributed by atoms with Crippen LogP contribution in [0, 0.1) is 0 Å². The first-order chi connectivity index (χ1) is 7.74. The Hall–Kier alpha value is -1.03. The second-order valence-corrected chi connectivity index (χ2v) is 5.18. The highest BCUT2D eigenvalue weighted by Gasteiger charge is 2.25. The highest BCUT2D eigenvalue weighted by Crippen LogP contribution is 2.39. The van der Waals surface area contributed by atoms with Gasteiger partial charge >= 0.3 is 0 Å². The lowest BCUT2D eigenvalue weighted by Crippen LogP contribution is -2.24. The molecule has 1 saturated carbocycles. The van der Waals surface area contributed by atoms with E-state index in [0.717, 1.165) is 5.56 Å². The largest absolute Gasteiger partial charge is 0.390 e. The van der Waals surface area contributed by atoms with Crippen LogP contribution in [-0.2, 0) is 0 Å². The smallest absolute Gasteiger partial charge is 0.254 e. The summed E-state index contributed by atoms with van der Waals surface area (Å²) in [6, 6.07) is 0. The molecule has 1 heterocycles. The predicted octanol–water partition coefficient (Wildman–Crippen LogP) is 2.74. The standard InChI is InChI=1S/C12H18N2OS/c1-2-14-12(15)10-9(7-16-11(10)13)8-5-3-4-6-8/h7-8H,2-6,13H2,1H3,(H,14,15). The molecule has 0 aliphatic heterocycles. The zero-order valence-electron chi connectivity index (χ0n) is 9.58. The molecule has 88 valence electrons. The fraction of sp³-hybridized carbons (Fsp3) is 0.583. The number of thiophene rings is 1. The van der Waals surface area contributed by atoms with Crippen molar-refractivity contribution in [2.45, 2.75) is 38.5 Å². The van der Waals surface area contributed by atoms with Crippen LogP contribution in [0.5, 0.6) is 0 Å². The van der Waals surface area contributed by atoms with Gasteiger partial charge in [-0.05, 0) is 36.6 Å². The molecular weight excluding hydrogens is 220 g/mol. The van der Waals surface area contributed by atoms with Gasteiger partial charge in [0.2, 0.25) is 0 Å². The van der Waals surface area contributed by atoms with Gasteiger partial charge in [-0.25, -0.2) is 0 Å². The maximum Gasteiger partial charge on any atom is 0.254 e. The summed E-state index contributed by atoms with van der Waals surface area (Å²) in [5.74, 6) is 0.536. The third-order valence-corrected chi connectivity index (χ3v) is 4.04. The minimum atomic E-state index is -0.0110. The Balaban J connectivity index is 2.27. The molecule has 1 aliphatic carbocycles. The average Bonchev–Trinajstić information content (AvgIpc) is 2.86. The maximum absolute atomic E-state index is 11.9. The van der Waals surface area contributed by atoms with Crippen molar-refractivity contribution in [2.75, 3.05) is 12.3 Å². The number of rotatable bonds is 3. The van der Waals surface area contributed by atoms with Crippen molar-refractivity contribution < 1.29 is 4.79 Å². The van der Waals surface area contributed by atoms with Crippen LogP contribution in [0.4, 0.5) is 5.00 Å². The van der Waals surface area contributed by atoms with Gasteiger partial charge in [0.15, 0.2) is 0 Å². The van der Waals surface area contributed by atoms with Crippen LogP contribution in [0.15, 0.2) is 5.38 Å². The Bertz CT molecular complexity index is 380. The molecule has 1 amide bonds. The van der Waals surface area contributed by atoms with Gasteiger partial charge in [0, 0.05) is 6.54 Å². The zero-order valence-corrected chi connectivity index (χ0v) is 10.4. The molecule has 3 nitrogen and oxygen atoms in total. The van der Waals surface area contributed by atoms with Crippen molar-refractivity contribution in [2.24, 2.45) is 0 Å². The summed E-state index contributed by atoms with van der Waals surface area (Å²) in [6.07, 6.45) is 4.94. The number of anilines is 1. The number of carbonyl (C=O) groups excluding carboxylic acids is 1. The molecule has 0 bridgehead atoms. The van der Waals surface area contributed by atoms with Gasteiger partial charge in [-0.1, -0.05) is 12.8 Å². The number of nitrogen functional groups attached to an aromatic ring is 1. The predicted molar refractivity (Wildman–Crippen MR) is 67.9 cm³/mol. The van der Waals surface area contributed by atoms with Gasteiger partial charge in [-0.15, -0.1) is 11.3 Å². The topological polar surface area (TPSA) is 55.1 Å². The normalized spacial score (nSPS) is 16.6. The summed E-state index contributed by atoms with van der Waals surface area (Å²) in [5, 5.41) is 5.57. The van der Waals surface area contributed by atoms with E-state index in [1.165, 1.54) is 42.6 Å². The van der Waals surface area contributed by atoms with Crippen LogP contribution in [0.25, 0.3) is 0 Å². The van der Waals surface area contributed by atoms with Crippen molar-refractivity contribution in [3.8, 4) is 0 Å². The Morgan fingerprint density at radius 2 is 2.25 bits per heavy atom. The highest BCUT2D eigenvalue weighted by molar-refractivity contribution is 7.14. The molecule has 0 aromatic carbocycles. The van der Waals surface area contributed by atoms with Crippen LogP contribution < -0.4 is 11.1 Å². The minimum absolute atomic E-state index is 0.0110. The summed E-state index contributed by atoms with van der Waals surface area (Å²) in [5.41, 5.74) is 7.80. The molecule has 0 saturated heterocycles. The average molecular weight is 238 g/mol. The summed E-state index contributed by atoms with van der Waals surface area (Å²) in [7, 11) is 0. The Kier molecular flexibility index (Phi) is 3.49. The molecule has 0 unspecified atom stereocenters. The summed E-state index contributed by atoms with van der Waals surface area (Å²) >= 11 is 1.49. The lowest BCUT2D eigenvalue weighted by atomic mass is 9.96. The molecule has 1 aromatic rings. The third kappa shape index (κ3) is 2.07. The number of nitrogens with one attached hydrogen (secondary N) is 1. The van der Waals surface area contributed by atoms with Crippen molar-refractivity contribution in [1.29, 1.82) is 0 Å². The van der Waals surface area contributed by atoms with Gasteiger partial charge in [-0.2, -0.15) is 0 Å². The van der Waals surface area contributed by atoms with Gasteiger partial charge < -0.3 is 11.1 Å². The van der Waals surface area contributed by atoms with Crippen molar-refractivity contribution in [3.05, 3.63) is 16.5 Å². The lowest BCUT2D eigenvalue weighted by molar-refractivity contribution is 0.0956. The molecular formula is C12H18N2OS. The molecule has 0 radical (unpaired) electrons. The van der Waals surface area contributed by atoms with E-state index in [0.29, 0.717) is 17.5 Å². The Morgan fingerprint density at radius 1 is 1.56 bits per heavy atom. The van der Waals surface area contributed by atoms with Gasteiger partial charge in [0.25, 0.3) is 5.91 Å². The van der Waals surface area contributed by atoms with E-state index >= 15 is 0 Å². The molecule has 0 atom stereocenters. The molecule has 16 heavy (non-hydrogen) atoms. The molecule has 0 spiro atoms. The monoisotopic (exact) mass is 238 g/mol. The number of hydrogen-bond acceptors (Lipinski definition) is 3. The second-order valence-electron chi connectivity index (χ2n) is 4.27. The second kappa shape index (κ2) is 4.87. The third-order valence-electron chi connectivity index (χ3n) is 3.21. The summed E-state index contributed by atoms with van der Waals surface area (Å²) in [6.45, 7) is 2.58. The lowest BCUT2D eigenvalue weighted by Gasteiger charge is -2.11. The van der Waals surface area contributed by atoms with Crippen molar-refractivity contribution in [1.82, 2.24) is 5.32 Å². The molecule has 1 aliphatic rings. The van der Waals surface area contributed by atoms with E-state index in [4.69, 9.17) is 5.73 Å². The van der Waals surface area contributed by atoms with E-state index in [9.17, 15) is 4.79 Å². The highest BCUT2D eigenvalue weighted by atomic mass is 32.1. The molecule has 2 rings (SSSR count). The Morgan fingerprint density at radius 3 is 2.88 bits per heavy atom. The van der Waals surface area contributed by atoms with E-state index in [2.05, 4.69) is 10.7 Å². The molecule has 4 heteroatoms. The SMILES string of the molecule is CCNC(=O)c1c(C2CCCC2)csc1N. The van der Waals surface area contributed by atoms with E-state index in [1.54, 1.807) is 0 Å². The fourth-order valence-corrected chi connectivity index (χ4v) is 3.31. The molecule has 1 fully saturated rings. The summed E-state index contributed by atoms with van der Waals surface area (Å²) < 4.78 is 0. The first kappa shape index (κ1) is 11.5. The first-order valence-electron chi connectivity index (χ1n) is 5.89. The van der Waals surface area contributed by atoms with Crippen LogP contribution in [0.1, 0.15) is 54.4 Å². The molecule has 1 aromatic heterocycles. The van der Waals surface area contributed by atoms with Crippen LogP contribution >= 0.6 is 11.3 Å². The Labute approximate surface area is 100 Å². The van der Waals surface area contributed by atoms with Crippen LogP contribution in [0.3, 0.4) is 0 Å². The number of carbonyl (C=O) groups is 1. The van der Waals surface area contributed by atoms with Crippen molar-refractivity contribution >= 4 is 22.2 Å². The quantitative estimate of drug-likeness (QED) is 0.850.